The average Bonchev–Trinajstić information content (AvgIpc) is 2.29. The second-order valence-corrected chi connectivity index (χ2v) is 4.14. The molecule has 0 aliphatic heterocycles. The number of halogens is 2. The van der Waals surface area contributed by atoms with Crippen molar-refractivity contribution < 1.29 is 28.9 Å². The molecule has 0 spiro atoms. The van der Waals surface area contributed by atoms with Crippen LogP contribution in [0.1, 0.15) is 18.6 Å². The Hall–Kier alpha value is -1.34. The topological polar surface area (TPSA) is 76.0 Å². The van der Waals surface area contributed by atoms with Crippen LogP contribution in [0.25, 0.3) is 0 Å². The Kier molecular flexibility index (Phi) is 4.92. The molecule has 0 fully saturated rings. The van der Waals surface area contributed by atoms with Gasteiger partial charge in [-0.3, -0.25) is 0 Å². The van der Waals surface area contributed by atoms with Gasteiger partial charge in [-0.25, -0.2) is 9.18 Å². The van der Waals surface area contributed by atoms with Crippen LogP contribution in [0.15, 0.2) is 10.5 Å². The van der Waals surface area contributed by atoms with E-state index in [1.54, 1.807) is 6.92 Å². The van der Waals surface area contributed by atoms with Gasteiger partial charge in [-0.2, -0.15) is 0 Å². The minimum absolute atomic E-state index is 0.0337. The highest BCUT2D eigenvalue weighted by atomic mass is 79.9. The fourth-order valence-corrected chi connectivity index (χ4v) is 1.95. The van der Waals surface area contributed by atoms with Crippen LogP contribution in [0, 0.1) is 5.82 Å². The quantitative estimate of drug-likeness (QED) is 0.828. The van der Waals surface area contributed by atoms with Crippen LogP contribution >= 0.6 is 15.9 Å². The van der Waals surface area contributed by atoms with Crippen molar-refractivity contribution in [2.45, 2.75) is 13.0 Å². The van der Waals surface area contributed by atoms with E-state index in [0.29, 0.717) is 0 Å². The van der Waals surface area contributed by atoms with Crippen LogP contribution in [0.3, 0.4) is 0 Å². The number of aliphatic hydroxyl groups is 1. The normalized spacial score (nSPS) is 12.1. The van der Waals surface area contributed by atoms with E-state index in [4.69, 9.17) is 4.74 Å². The molecule has 1 atom stereocenters. The Morgan fingerprint density at radius 3 is 2.72 bits per heavy atom. The van der Waals surface area contributed by atoms with E-state index in [2.05, 4.69) is 20.7 Å². The summed E-state index contributed by atoms with van der Waals surface area (Å²) < 4.78 is 23.2. The van der Waals surface area contributed by atoms with Gasteiger partial charge in [0.1, 0.15) is 5.82 Å². The van der Waals surface area contributed by atoms with Gasteiger partial charge in [0.05, 0.1) is 23.8 Å². The smallest absolute Gasteiger partial charge is 0.339 e. The molecule has 1 unspecified atom stereocenters. The van der Waals surface area contributed by atoms with E-state index in [1.807, 2.05) is 0 Å². The Balaban J connectivity index is 3.28. The van der Waals surface area contributed by atoms with Gasteiger partial charge in [0.2, 0.25) is 0 Å². The second-order valence-electron chi connectivity index (χ2n) is 3.29. The number of benzene rings is 1. The maximum absolute atomic E-state index is 13.7. The summed E-state index contributed by atoms with van der Waals surface area (Å²) in [5, 5.41) is 19.4. The number of aromatic hydroxyl groups is 1. The summed E-state index contributed by atoms with van der Waals surface area (Å²) in [6.07, 6.45) is -1.91. The number of phenols is 1. The Morgan fingerprint density at radius 1 is 1.61 bits per heavy atom. The second kappa shape index (κ2) is 6.01. The van der Waals surface area contributed by atoms with Crippen LogP contribution in [-0.4, -0.2) is 29.9 Å². The average molecular weight is 323 g/mol. The lowest BCUT2D eigenvalue weighted by Gasteiger charge is -2.15. The highest BCUT2D eigenvalue weighted by molar-refractivity contribution is 9.10. The third kappa shape index (κ3) is 2.73. The molecular weight excluding hydrogens is 311 g/mol. The van der Waals surface area contributed by atoms with Gasteiger partial charge in [-0.15, -0.1) is 0 Å². The molecule has 1 aromatic rings. The SMILES string of the molecule is CCOC(=O)C(O)c1c(F)cc(Br)c(OC)c1O. The van der Waals surface area contributed by atoms with Gasteiger partial charge < -0.3 is 19.7 Å². The third-order valence-corrected chi connectivity index (χ3v) is 2.77. The minimum Gasteiger partial charge on any atom is -0.504 e. The number of esters is 1. The molecule has 0 saturated heterocycles. The first-order chi connectivity index (χ1) is 8.43. The molecule has 18 heavy (non-hydrogen) atoms. The van der Waals surface area contributed by atoms with Gasteiger partial charge in [0.15, 0.2) is 17.6 Å². The van der Waals surface area contributed by atoms with Crippen LogP contribution in [0.5, 0.6) is 11.5 Å². The molecule has 1 aromatic carbocycles. The maximum Gasteiger partial charge on any atom is 0.339 e. The third-order valence-electron chi connectivity index (χ3n) is 2.19. The standard InChI is InChI=1S/C11H12BrFO5/c1-3-18-11(16)9(15)7-6(13)4-5(12)10(17-2)8(7)14/h4,9,14-15H,3H2,1-2H3. The molecule has 0 aliphatic rings. The van der Waals surface area contributed by atoms with E-state index < -0.39 is 29.2 Å². The lowest BCUT2D eigenvalue weighted by Crippen LogP contribution is -2.17. The van der Waals surface area contributed by atoms with Gasteiger partial charge in [0, 0.05) is 0 Å². The van der Waals surface area contributed by atoms with E-state index in [1.165, 1.54) is 7.11 Å². The number of methoxy groups -OCH3 is 1. The number of carbonyl (C=O) groups excluding carboxylic acids is 1. The summed E-state index contributed by atoms with van der Waals surface area (Å²) >= 11 is 2.99. The molecule has 0 radical (unpaired) electrons. The molecule has 7 heteroatoms. The van der Waals surface area contributed by atoms with Crippen LogP contribution in [0.4, 0.5) is 4.39 Å². The molecule has 0 aliphatic carbocycles. The van der Waals surface area contributed by atoms with Crippen LogP contribution in [0.2, 0.25) is 0 Å². The largest absolute Gasteiger partial charge is 0.504 e. The molecule has 0 saturated carbocycles. The van der Waals surface area contributed by atoms with E-state index in [-0.39, 0.29) is 16.8 Å². The monoisotopic (exact) mass is 322 g/mol. The number of aliphatic hydroxyl groups excluding tert-OH is 1. The molecule has 100 valence electrons. The maximum atomic E-state index is 13.7. The first-order valence-electron chi connectivity index (χ1n) is 5.03. The number of hydrogen-bond donors (Lipinski definition) is 2. The first-order valence-corrected chi connectivity index (χ1v) is 5.82. The minimum atomic E-state index is -1.91. The summed E-state index contributed by atoms with van der Waals surface area (Å²) in [5.74, 6) is -2.71. The highest BCUT2D eigenvalue weighted by Gasteiger charge is 2.29. The van der Waals surface area contributed by atoms with Crippen LogP contribution in [-0.2, 0) is 9.53 Å². The predicted molar refractivity (Wildman–Crippen MR) is 63.9 cm³/mol. The molecule has 1 rings (SSSR count). The van der Waals surface area contributed by atoms with Crippen molar-refractivity contribution in [3.8, 4) is 11.5 Å². The van der Waals surface area contributed by atoms with E-state index in [9.17, 15) is 19.4 Å². The zero-order valence-electron chi connectivity index (χ0n) is 9.74. The molecule has 5 nitrogen and oxygen atoms in total. The van der Waals surface area contributed by atoms with Crippen molar-refractivity contribution in [2.24, 2.45) is 0 Å². The van der Waals surface area contributed by atoms with Crippen LogP contribution < -0.4 is 4.74 Å². The molecular formula is C11H12BrFO5. The summed E-state index contributed by atoms with van der Waals surface area (Å²) in [6.45, 7) is 1.58. The number of hydrogen-bond acceptors (Lipinski definition) is 5. The zero-order chi connectivity index (χ0) is 13.9. The lowest BCUT2D eigenvalue weighted by molar-refractivity contribution is -0.153. The van der Waals surface area contributed by atoms with Crippen molar-refractivity contribution in [1.29, 1.82) is 0 Å². The number of phenolic OH excluding ortho intramolecular Hbond substituents is 1. The fraction of sp³-hybridized carbons (Fsp3) is 0.364. The Morgan fingerprint density at radius 2 is 2.22 bits per heavy atom. The van der Waals surface area contributed by atoms with Crippen molar-refractivity contribution in [1.82, 2.24) is 0 Å². The summed E-state index contributed by atoms with van der Waals surface area (Å²) in [4.78, 5) is 11.3. The number of carbonyl (C=O) groups is 1. The van der Waals surface area contributed by atoms with Gasteiger partial charge in [-0.1, -0.05) is 0 Å². The first kappa shape index (κ1) is 14.7. The Labute approximate surface area is 111 Å². The summed E-state index contributed by atoms with van der Waals surface area (Å²) in [7, 11) is 1.26. The van der Waals surface area contributed by atoms with Crippen molar-refractivity contribution in [3.05, 3.63) is 21.9 Å². The summed E-state index contributed by atoms with van der Waals surface area (Å²) in [6, 6.07) is 0.982. The van der Waals surface area contributed by atoms with Gasteiger partial charge in [-0.05, 0) is 28.9 Å². The van der Waals surface area contributed by atoms with Crippen molar-refractivity contribution in [2.75, 3.05) is 13.7 Å². The molecule has 0 heterocycles. The molecule has 0 bridgehead atoms. The predicted octanol–water partition coefficient (Wildman–Crippen LogP) is 1.90. The van der Waals surface area contributed by atoms with Crippen molar-refractivity contribution >= 4 is 21.9 Å². The van der Waals surface area contributed by atoms with Crippen molar-refractivity contribution in [3.63, 3.8) is 0 Å². The fourth-order valence-electron chi connectivity index (χ4n) is 1.40. The van der Waals surface area contributed by atoms with E-state index >= 15 is 0 Å². The molecule has 2 N–H and O–H groups in total. The lowest BCUT2D eigenvalue weighted by atomic mass is 10.1. The highest BCUT2D eigenvalue weighted by Crippen LogP contribution is 2.41. The number of rotatable bonds is 4. The molecule has 0 aromatic heterocycles. The van der Waals surface area contributed by atoms with Gasteiger partial charge >= 0.3 is 5.97 Å². The van der Waals surface area contributed by atoms with E-state index in [0.717, 1.165) is 6.07 Å². The molecule has 0 amide bonds. The Bertz CT molecular complexity index is 463. The number of ether oxygens (including phenoxy) is 2. The summed E-state index contributed by atoms with van der Waals surface area (Å²) in [5.41, 5.74) is -0.575. The zero-order valence-corrected chi connectivity index (χ0v) is 11.3. The van der Waals surface area contributed by atoms with Gasteiger partial charge in [0.25, 0.3) is 0 Å².